The van der Waals surface area contributed by atoms with Crippen molar-refractivity contribution in [1.29, 1.82) is 0 Å². The summed E-state index contributed by atoms with van der Waals surface area (Å²) < 4.78 is 60.1. The summed E-state index contributed by atoms with van der Waals surface area (Å²) in [4.78, 5) is 21.2. The van der Waals surface area contributed by atoms with E-state index < -0.39 is 32.1 Å². The molecule has 0 bridgehead atoms. The summed E-state index contributed by atoms with van der Waals surface area (Å²) in [5.41, 5.74) is 2.18. The van der Waals surface area contributed by atoms with E-state index in [1.165, 1.54) is 24.2 Å². The largest absolute Gasteiger partial charge is 0.481 e. The molecule has 0 fully saturated rings. The van der Waals surface area contributed by atoms with Crippen molar-refractivity contribution in [3.8, 4) is 22.7 Å². The van der Waals surface area contributed by atoms with Crippen LogP contribution in [0.15, 0.2) is 95.0 Å². The average molecular weight is 520 g/mol. The Hall–Kier alpha value is -4.44. The first-order chi connectivity index (χ1) is 17.8. The fourth-order valence-electron chi connectivity index (χ4n) is 4.03. The summed E-state index contributed by atoms with van der Waals surface area (Å²) in [6.07, 6.45) is 2.95. The summed E-state index contributed by atoms with van der Waals surface area (Å²) in [6, 6.07) is 18.0. The number of sulfone groups is 1. The highest BCUT2D eigenvalue weighted by Gasteiger charge is 2.23. The monoisotopic (exact) mass is 519 g/mol. The van der Waals surface area contributed by atoms with Crippen molar-refractivity contribution in [2.75, 3.05) is 7.11 Å². The molecule has 0 amide bonds. The zero-order chi connectivity index (χ0) is 26.2. The third kappa shape index (κ3) is 4.70. The van der Waals surface area contributed by atoms with Crippen molar-refractivity contribution < 1.29 is 21.9 Å². The fraction of sp³-hybridized carbons (Fsp3) is 0.0741. The van der Waals surface area contributed by atoms with Gasteiger partial charge in [0.1, 0.15) is 22.9 Å². The van der Waals surface area contributed by atoms with Crippen LogP contribution in [0.2, 0.25) is 0 Å². The number of pyridine rings is 1. The van der Waals surface area contributed by atoms with Crippen LogP contribution >= 0.6 is 0 Å². The minimum atomic E-state index is -4.19. The first kappa shape index (κ1) is 24.3. The Labute approximate surface area is 210 Å². The minimum absolute atomic E-state index is 0.0451. The molecular formula is C27H19F2N3O4S. The van der Waals surface area contributed by atoms with Crippen molar-refractivity contribution in [1.82, 2.24) is 14.5 Å². The van der Waals surface area contributed by atoms with Gasteiger partial charge in [-0.15, -0.1) is 0 Å². The van der Waals surface area contributed by atoms with E-state index >= 15 is 0 Å². The number of hydrogen-bond acceptors (Lipinski definition) is 6. The van der Waals surface area contributed by atoms with Crippen molar-refractivity contribution in [3.63, 3.8) is 0 Å². The highest BCUT2D eigenvalue weighted by molar-refractivity contribution is 7.90. The lowest BCUT2D eigenvalue weighted by Crippen LogP contribution is -2.18. The van der Waals surface area contributed by atoms with Crippen LogP contribution in [-0.2, 0) is 15.6 Å². The van der Waals surface area contributed by atoms with Gasteiger partial charge in [-0.05, 0) is 48.0 Å². The quantitative estimate of drug-likeness (QED) is 0.302. The lowest BCUT2D eigenvalue weighted by atomic mass is 10.0. The summed E-state index contributed by atoms with van der Waals surface area (Å²) in [5, 5.41) is 0.363. The molecule has 0 atom stereocenters. The Bertz CT molecular complexity index is 1810. The molecule has 5 aromatic rings. The highest BCUT2D eigenvalue weighted by atomic mass is 32.2. The van der Waals surface area contributed by atoms with Gasteiger partial charge in [0, 0.05) is 23.4 Å². The Balaban J connectivity index is 1.57. The van der Waals surface area contributed by atoms with Gasteiger partial charge in [-0.2, -0.15) is 0 Å². The van der Waals surface area contributed by atoms with Gasteiger partial charge in [0.05, 0.1) is 29.5 Å². The number of rotatable bonds is 6. The predicted octanol–water partition coefficient (Wildman–Crippen LogP) is 4.71. The van der Waals surface area contributed by atoms with Gasteiger partial charge in [0.25, 0.3) is 5.56 Å². The van der Waals surface area contributed by atoms with E-state index in [2.05, 4.69) is 9.97 Å². The van der Waals surface area contributed by atoms with E-state index in [4.69, 9.17) is 4.74 Å². The SMILES string of the molecule is COc1ncc(-c2ccc3ncn(-c4ccccc4)c(=O)c3c2)cc1CS(=O)(=O)c1ccc(F)cc1F. The Morgan fingerprint density at radius 2 is 1.70 bits per heavy atom. The molecule has 7 nitrogen and oxygen atoms in total. The van der Waals surface area contributed by atoms with E-state index in [0.717, 1.165) is 12.1 Å². The van der Waals surface area contributed by atoms with E-state index in [1.54, 1.807) is 36.4 Å². The standard InChI is InChI=1S/C27H19F2N3O4S/c1-36-26-19(15-37(34,35)25-10-8-20(28)13-23(25)29)11-18(14-30-26)17-7-9-24-22(12-17)27(33)32(16-31-24)21-5-3-2-4-6-21/h2-14,16H,15H2,1H3. The minimum Gasteiger partial charge on any atom is -0.481 e. The zero-order valence-corrected chi connectivity index (χ0v) is 20.2. The molecule has 37 heavy (non-hydrogen) atoms. The lowest BCUT2D eigenvalue weighted by molar-refractivity contribution is 0.394. The van der Waals surface area contributed by atoms with Gasteiger partial charge >= 0.3 is 0 Å². The Morgan fingerprint density at radius 3 is 2.43 bits per heavy atom. The van der Waals surface area contributed by atoms with Gasteiger partial charge < -0.3 is 4.74 Å². The highest BCUT2D eigenvalue weighted by Crippen LogP contribution is 2.29. The van der Waals surface area contributed by atoms with Crippen molar-refractivity contribution >= 4 is 20.7 Å². The number of ether oxygens (including phenoxy) is 1. The molecule has 0 spiro atoms. The Kier molecular flexibility index (Phi) is 6.26. The molecule has 0 aliphatic carbocycles. The van der Waals surface area contributed by atoms with Crippen LogP contribution in [0.1, 0.15) is 5.56 Å². The zero-order valence-electron chi connectivity index (χ0n) is 19.4. The molecule has 2 heterocycles. The van der Waals surface area contributed by atoms with Crippen LogP contribution in [0.25, 0.3) is 27.7 Å². The molecule has 0 radical (unpaired) electrons. The Morgan fingerprint density at radius 1 is 0.919 bits per heavy atom. The molecule has 0 aliphatic heterocycles. The molecule has 0 saturated carbocycles. The first-order valence-corrected chi connectivity index (χ1v) is 12.7. The average Bonchev–Trinajstić information content (AvgIpc) is 2.89. The number of fused-ring (bicyclic) bond motifs is 1. The second kappa shape index (κ2) is 9.55. The second-order valence-electron chi connectivity index (χ2n) is 8.21. The predicted molar refractivity (Wildman–Crippen MR) is 134 cm³/mol. The molecule has 0 saturated heterocycles. The van der Waals surface area contributed by atoms with Gasteiger partial charge in [0.2, 0.25) is 5.88 Å². The number of hydrogen-bond donors (Lipinski definition) is 0. The van der Waals surface area contributed by atoms with E-state index in [1.807, 2.05) is 18.2 Å². The summed E-state index contributed by atoms with van der Waals surface area (Å²) >= 11 is 0. The maximum Gasteiger partial charge on any atom is 0.265 e. The molecule has 186 valence electrons. The summed E-state index contributed by atoms with van der Waals surface area (Å²) in [6.45, 7) is 0. The maximum absolute atomic E-state index is 14.2. The number of para-hydroxylation sites is 1. The third-order valence-electron chi connectivity index (χ3n) is 5.82. The van der Waals surface area contributed by atoms with Crippen molar-refractivity contribution in [3.05, 3.63) is 113 Å². The topological polar surface area (TPSA) is 91.2 Å². The third-order valence-corrected chi connectivity index (χ3v) is 7.51. The fourth-order valence-corrected chi connectivity index (χ4v) is 5.43. The first-order valence-electron chi connectivity index (χ1n) is 11.0. The maximum atomic E-state index is 14.2. The van der Waals surface area contributed by atoms with E-state index in [9.17, 15) is 22.0 Å². The summed E-state index contributed by atoms with van der Waals surface area (Å²) in [7, 11) is -2.86. The molecular weight excluding hydrogens is 500 g/mol. The second-order valence-corrected chi connectivity index (χ2v) is 10.2. The van der Waals surface area contributed by atoms with Gasteiger partial charge in [-0.25, -0.2) is 27.2 Å². The van der Waals surface area contributed by atoms with Gasteiger partial charge in [-0.1, -0.05) is 24.3 Å². The number of nitrogens with zero attached hydrogens (tertiary/aromatic N) is 3. The lowest BCUT2D eigenvalue weighted by Gasteiger charge is -2.12. The summed E-state index contributed by atoms with van der Waals surface area (Å²) in [5.74, 6) is -2.64. The number of benzene rings is 3. The molecule has 2 aromatic heterocycles. The van der Waals surface area contributed by atoms with E-state index in [0.29, 0.717) is 33.8 Å². The number of aromatic nitrogens is 3. The van der Waals surface area contributed by atoms with Gasteiger partial charge in [-0.3, -0.25) is 9.36 Å². The molecule has 10 heteroatoms. The molecule has 0 aliphatic rings. The normalized spacial score (nSPS) is 11.5. The molecule has 3 aromatic carbocycles. The van der Waals surface area contributed by atoms with Crippen LogP contribution in [0.4, 0.5) is 8.78 Å². The van der Waals surface area contributed by atoms with Crippen LogP contribution < -0.4 is 10.3 Å². The molecule has 0 N–H and O–H groups in total. The number of halogens is 2. The van der Waals surface area contributed by atoms with Crippen molar-refractivity contribution in [2.45, 2.75) is 10.6 Å². The van der Waals surface area contributed by atoms with Gasteiger partial charge in [0.15, 0.2) is 9.84 Å². The van der Waals surface area contributed by atoms with Crippen LogP contribution in [-0.4, -0.2) is 30.1 Å². The van der Waals surface area contributed by atoms with Crippen LogP contribution in [0, 0.1) is 11.6 Å². The van der Waals surface area contributed by atoms with Crippen molar-refractivity contribution in [2.24, 2.45) is 0 Å². The van der Waals surface area contributed by atoms with E-state index in [-0.39, 0.29) is 17.0 Å². The number of methoxy groups -OCH3 is 1. The van der Waals surface area contributed by atoms with Crippen LogP contribution in [0.5, 0.6) is 5.88 Å². The molecule has 0 unspecified atom stereocenters. The smallest absolute Gasteiger partial charge is 0.265 e. The van der Waals surface area contributed by atoms with Crippen LogP contribution in [0.3, 0.4) is 0 Å². The molecule has 5 rings (SSSR count).